The van der Waals surface area contributed by atoms with Crippen molar-refractivity contribution in [2.45, 2.75) is 57.8 Å². The van der Waals surface area contributed by atoms with Crippen LogP contribution in [0.15, 0.2) is 18.2 Å². The first-order valence-corrected chi connectivity index (χ1v) is 7.22. The van der Waals surface area contributed by atoms with E-state index >= 15 is 0 Å². The van der Waals surface area contributed by atoms with Crippen molar-refractivity contribution >= 4 is 6.08 Å². The van der Waals surface area contributed by atoms with Crippen molar-refractivity contribution in [3.05, 3.63) is 40.5 Å². The second-order valence-electron chi connectivity index (χ2n) is 5.56. The van der Waals surface area contributed by atoms with Crippen molar-refractivity contribution in [1.29, 1.82) is 0 Å². The van der Waals surface area contributed by atoms with Crippen LogP contribution in [0.2, 0.25) is 0 Å². The molecule has 0 aliphatic heterocycles. The molecule has 0 heterocycles. The van der Waals surface area contributed by atoms with E-state index in [1.165, 1.54) is 50.5 Å². The zero-order valence-electron chi connectivity index (χ0n) is 10.8. The predicted molar refractivity (Wildman–Crippen MR) is 74.4 cm³/mol. The van der Waals surface area contributed by atoms with E-state index in [1.807, 2.05) is 0 Å². The summed E-state index contributed by atoms with van der Waals surface area (Å²) in [5.74, 6) is 0.706. The van der Waals surface area contributed by atoms with Crippen LogP contribution in [0, 0.1) is 0 Å². The quantitative estimate of drug-likeness (QED) is 0.690. The monoisotopic (exact) mass is 226 g/mol. The number of unbranched alkanes of at least 4 members (excludes halogenated alkanes) is 1. The van der Waals surface area contributed by atoms with Crippen molar-refractivity contribution in [1.82, 2.24) is 0 Å². The lowest BCUT2D eigenvalue weighted by molar-refractivity contribution is 0.660. The van der Waals surface area contributed by atoms with Gasteiger partial charge in [0.1, 0.15) is 0 Å². The number of aryl methyl sites for hydroxylation is 2. The molecule has 0 saturated heterocycles. The highest BCUT2D eigenvalue weighted by molar-refractivity contribution is 5.64. The van der Waals surface area contributed by atoms with E-state index in [0.717, 1.165) is 0 Å². The minimum Gasteiger partial charge on any atom is -0.0764 e. The Morgan fingerprint density at radius 1 is 1.12 bits per heavy atom. The third-order valence-electron chi connectivity index (χ3n) is 4.32. The van der Waals surface area contributed by atoms with Crippen LogP contribution in [0.1, 0.15) is 67.2 Å². The number of hydrogen-bond donors (Lipinski definition) is 0. The second-order valence-corrected chi connectivity index (χ2v) is 5.56. The van der Waals surface area contributed by atoms with Crippen LogP contribution in [0.3, 0.4) is 0 Å². The summed E-state index contributed by atoms with van der Waals surface area (Å²) in [6, 6.07) is 4.98. The Bertz CT molecular complexity index is 440. The fourth-order valence-corrected chi connectivity index (χ4v) is 3.29. The molecule has 0 amide bonds. The van der Waals surface area contributed by atoms with Crippen molar-refractivity contribution in [3.8, 4) is 0 Å². The summed E-state index contributed by atoms with van der Waals surface area (Å²) in [6.45, 7) is 2.28. The van der Waals surface area contributed by atoms with Gasteiger partial charge in [0, 0.05) is 5.92 Å². The number of rotatable bonds is 3. The average Bonchev–Trinajstić information content (AvgIpc) is 2.76. The minimum absolute atomic E-state index is 0.706. The average molecular weight is 226 g/mol. The molecule has 0 fully saturated rings. The fourth-order valence-electron chi connectivity index (χ4n) is 3.29. The molecule has 2 aliphatic carbocycles. The molecule has 0 radical (unpaired) electrons. The third-order valence-corrected chi connectivity index (χ3v) is 4.32. The summed E-state index contributed by atoms with van der Waals surface area (Å²) in [5.41, 5.74) is 6.38. The number of fused-ring (bicyclic) bond motifs is 2. The molecule has 0 heteroatoms. The first-order valence-electron chi connectivity index (χ1n) is 7.22. The molecule has 90 valence electrons. The molecule has 1 aromatic rings. The van der Waals surface area contributed by atoms with Crippen LogP contribution in [0.4, 0.5) is 0 Å². The summed E-state index contributed by atoms with van der Waals surface area (Å²) in [5, 5.41) is 0. The summed E-state index contributed by atoms with van der Waals surface area (Å²) in [7, 11) is 0. The molecular weight excluding hydrogens is 204 g/mol. The summed E-state index contributed by atoms with van der Waals surface area (Å²) in [4.78, 5) is 0. The van der Waals surface area contributed by atoms with Gasteiger partial charge in [-0.05, 0) is 54.4 Å². The van der Waals surface area contributed by atoms with Gasteiger partial charge in [0.15, 0.2) is 0 Å². The second kappa shape index (κ2) is 4.68. The van der Waals surface area contributed by atoms with E-state index in [4.69, 9.17) is 0 Å². The number of allylic oxidation sites excluding steroid dienone is 1. The zero-order valence-corrected chi connectivity index (χ0v) is 10.8. The largest absolute Gasteiger partial charge is 0.0764 e. The Morgan fingerprint density at radius 2 is 1.88 bits per heavy atom. The molecule has 0 nitrogen and oxygen atoms in total. The van der Waals surface area contributed by atoms with E-state index in [9.17, 15) is 0 Å². The first-order chi connectivity index (χ1) is 8.38. The Kier molecular flexibility index (Phi) is 3.05. The molecule has 2 aliphatic rings. The molecule has 0 saturated carbocycles. The van der Waals surface area contributed by atoms with E-state index in [-0.39, 0.29) is 0 Å². The normalized spacial score (nSPS) is 21.4. The Balaban J connectivity index is 1.90. The van der Waals surface area contributed by atoms with E-state index < -0.39 is 0 Å². The molecule has 1 unspecified atom stereocenters. The smallest absolute Gasteiger partial charge is 0.00273 e. The number of benzene rings is 1. The maximum absolute atomic E-state index is 2.52. The molecule has 0 N–H and O–H groups in total. The van der Waals surface area contributed by atoms with E-state index in [0.29, 0.717) is 5.92 Å². The molecule has 17 heavy (non-hydrogen) atoms. The molecule has 0 bridgehead atoms. The topological polar surface area (TPSA) is 0 Å². The van der Waals surface area contributed by atoms with Crippen molar-refractivity contribution in [2.75, 3.05) is 0 Å². The van der Waals surface area contributed by atoms with Crippen molar-refractivity contribution < 1.29 is 0 Å². The van der Waals surface area contributed by atoms with Crippen molar-refractivity contribution in [2.24, 2.45) is 0 Å². The van der Waals surface area contributed by atoms with Gasteiger partial charge in [-0.3, -0.25) is 0 Å². The SMILES string of the molecule is CCCCC1C=Cc2cc3c(cc21)CCCC3. The van der Waals surface area contributed by atoms with Gasteiger partial charge in [-0.25, -0.2) is 0 Å². The lowest BCUT2D eigenvalue weighted by Crippen LogP contribution is -2.05. The lowest BCUT2D eigenvalue weighted by Gasteiger charge is -2.19. The van der Waals surface area contributed by atoms with Gasteiger partial charge in [-0.2, -0.15) is 0 Å². The molecule has 0 spiro atoms. The Labute approximate surface area is 105 Å². The van der Waals surface area contributed by atoms with Gasteiger partial charge < -0.3 is 0 Å². The van der Waals surface area contributed by atoms with Gasteiger partial charge in [-0.1, -0.05) is 44.1 Å². The van der Waals surface area contributed by atoms with Gasteiger partial charge >= 0.3 is 0 Å². The van der Waals surface area contributed by atoms with Gasteiger partial charge in [-0.15, -0.1) is 0 Å². The summed E-state index contributed by atoms with van der Waals surface area (Å²) < 4.78 is 0. The molecule has 1 aromatic carbocycles. The van der Waals surface area contributed by atoms with Crippen LogP contribution < -0.4 is 0 Å². The minimum atomic E-state index is 0.706. The van der Waals surface area contributed by atoms with Crippen LogP contribution in [-0.2, 0) is 12.8 Å². The van der Waals surface area contributed by atoms with Crippen LogP contribution >= 0.6 is 0 Å². The third kappa shape index (κ3) is 2.06. The van der Waals surface area contributed by atoms with Gasteiger partial charge in [0.05, 0.1) is 0 Å². The zero-order chi connectivity index (χ0) is 11.7. The lowest BCUT2D eigenvalue weighted by atomic mass is 9.86. The van der Waals surface area contributed by atoms with Crippen molar-refractivity contribution in [3.63, 3.8) is 0 Å². The van der Waals surface area contributed by atoms with E-state index in [2.05, 4.69) is 31.2 Å². The highest BCUT2D eigenvalue weighted by atomic mass is 14.2. The van der Waals surface area contributed by atoms with Gasteiger partial charge in [0.25, 0.3) is 0 Å². The molecule has 3 rings (SSSR count). The first kappa shape index (κ1) is 11.1. The molecule has 0 aromatic heterocycles. The maximum Gasteiger partial charge on any atom is 0.00273 e. The van der Waals surface area contributed by atoms with Crippen LogP contribution in [-0.4, -0.2) is 0 Å². The Hall–Kier alpha value is -1.04. The maximum atomic E-state index is 2.52. The van der Waals surface area contributed by atoms with Crippen LogP contribution in [0.5, 0.6) is 0 Å². The Morgan fingerprint density at radius 3 is 2.65 bits per heavy atom. The summed E-state index contributed by atoms with van der Waals surface area (Å²) >= 11 is 0. The van der Waals surface area contributed by atoms with E-state index in [1.54, 1.807) is 16.7 Å². The highest BCUT2D eigenvalue weighted by Gasteiger charge is 2.20. The number of hydrogen-bond acceptors (Lipinski definition) is 0. The predicted octanol–water partition coefficient (Wildman–Crippen LogP) is 4.87. The highest BCUT2D eigenvalue weighted by Crippen LogP contribution is 2.37. The standard InChI is InChI=1S/C17H22/c1-2-3-6-13-9-10-16-11-14-7-4-5-8-15(14)12-17(13)16/h9-13H,2-8H2,1H3. The molecular formula is C17H22. The molecule has 1 atom stereocenters. The van der Waals surface area contributed by atoms with Crippen LogP contribution in [0.25, 0.3) is 6.08 Å². The summed E-state index contributed by atoms with van der Waals surface area (Å²) in [6.07, 6.45) is 14.2. The fraction of sp³-hybridized carbons (Fsp3) is 0.529. The van der Waals surface area contributed by atoms with Gasteiger partial charge in [0.2, 0.25) is 0 Å².